The number of unbranched alkanes of at least 4 members (excludes halogenated alkanes) is 4. The van der Waals surface area contributed by atoms with Crippen molar-refractivity contribution in [2.75, 3.05) is 0 Å². The molecule has 5 rings (SSSR count). The summed E-state index contributed by atoms with van der Waals surface area (Å²) in [5.41, 5.74) is 15.1. The van der Waals surface area contributed by atoms with E-state index in [1.807, 2.05) is 0 Å². The summed E-state index contributed by atoms with van der Waals surface area (Å²) in [5.74, 6) is 0. The van der Waals surface area contributed by atoms with Crippen molar-refractivity contribution >= 4 is 17.0 Å². The number of halogens is 2. The van der Waals surface area contributed by atoms with Gasteiger partial charge in [0, 0.05) is 0 Å². The molecule has 0 bridgehead atoms. The summed E-state index contributed by atoms with van der Waals surface area (Å²) in [6.45, 7) is 4.63. The van der Waals surface area contributed by atoms with E-state index in [-0.39, 0.29) is 0 Å². The van der Waals surface area contributed by atoms with Crippen molar-refractivity contribution < 1.29 is 20.8 Å². The maximum absolute atomic E-state index is 4.93. The van der Waals surface area contributed by atoms with Crippen LogP contribution in [0.5, 0.6) is 0 Å². The molecular formula is C37H42Cl2Zr. The Morgan fingerprint density at radius 2 is 0.900 bits per heavy atom. The SMILES string of the molecule is Cc1cc2c(cc1CCCCCc1ccccc1)-c1cc(CCCCCc3ccccc3)c(C)cc1C2.[Cl][Zr][Cl]. The van der Waals surface area contributed by atoms with Crippen molar-refractivity contribution in [2.45, 2.75) is 84.5 Å². The van der Waals surface area contributed by atoms with Crippen LogP contribution >= 0.6 is 17.0 Å². The number of hydrogen-bond donors (Lipinski definition) is 0. The van der Waals surface area contributed by atoms with Crippen LogP contribution < -0.4 is 0 Å². The molecule has 1 aliphatic carbocycles. The third-order valence-corrected chi connectivity index (χ3v) is 8.30. The van der Waals surface area contributed by atoms with E-state index in [4.69, 9.17) is 17.0 Å². The maximum atomic E-state index is 4.93. The van der Waals surface area contributed by atoms with Crippen LogP contribution in [-0.2, 0) is 53.0 Å². The molecule has 0 aliphatic heterocycles. The van der Waals surface area contributed by atoms with Gasteiger partial charge < -0.3 is 0 Å². The van der Waals surface area contributed by atoms with Gasteiger partial charge in [-0.3, -0.25) is 0 Å². The molecule has 40 heavy (non-hydrogen) atoms. The van der Waals surface area contributed by atoms with Crippen LogP contribution in [-0.4, -0.2) is 0 Å². The van der Waals surface area contributed by atoms with Gasteiger partial charge >= 0.3 is 37.9 Å². The summed E-state index contributed by atoms with van der Waals surface area (Å²) >= 11 is -0.826. The predicted molar refractivity (Wildman–Crippen MR) is 171 cm³/mol. The first-order chi connectivity index (χ1) is 19.6. The average Bonchev–Trinajstić information content (AvgIpc) is 3.29. The fourth-order valence-corrected chi connectivity index (χ4v) is 6.09. The first kappa shape index (κ1) is 31.3. The second kappa shape index (κ2) is 16.7. The molecule has 0 nitrogen and oxygen atoms in total. The number of benzene rings is 4. The number of fused-ring (bicyclic) bond motifs is 3. The molecule has 4 aromatic rings. The summed E-state index contributed by atoms with van der Waals surface area (Å²) in [5, 5.41) is 0. The molecule has 0 radical (unpaired) electrons. The molecule has 4 aromatic carbocycles. The predicted octanol–water partition coefficient (Wildman–Crippen LogP) is 11.2. The van der Waals surface area contributed by atoms with E-state index >= 15 is 0 Å². The minimum atomic E-state index is -0.826. The van der Waals surface area contributed by atoms with E-state index in [0.29, 0.717) is 0 Å². The van der Waals surface area contributed by atoms with Gasteiger partial charge in [0.15, 0.2) is 0 Å². The van der Waals surface area contributed by atoms with Crippen LogP contribution in [0.15, 0.2) is 84.9 Å². The van der Waals surface area contributed by atoms with Gasteiger partial charge in [-0.25, -0.2) is 0 Å². The first-order valence-corrected chi connectivity index (χ1v) is 21.2. The van der Waals surface area contributed by atoms with Gasteiger partial charge in [0.1, 0.15) is 0 Å². The Labute approximate surface area is 261 Å². The Hall–Kier alpha value is -1.66. The van der Waals surface area contributed by atoms with Crippen molar-refractivity contribution in [1.29, 1.82) is 0 Å². The van der Waals surface area contributed by atoms with E-state index in [1.165, 1.54) is 109 Å². The van der Waals surface area contributed by atoms with Crippen LogP contribution in [0.1, 0.15) is 83.0 Å². The summed E-state index contributed by atoms with van der Waals surface area (Å²) in [6.07, 6.45) is 13.6. The first-order valence-electron chi connectivity index (χ1n) is 14.9. The van der Waals surface area contributed by atoms with Crippen LogP contribution in [0.3, 0.4) is 0 Å². The van der Waals surface area contributed by atoms with E-state index in [0.717, 1.165) is 6.42 Å². The molecule has 3 heteroatoms. The Balaban J connectivity index is 0.00000118. The van der Waals surface area contributed by atoms with Crippen molar-refractivity contribution in [1.82, 2.24) is 0 Å². The minimum absolute atomic E-state index is 0.826. The van der Waals surface area contributed by atoms with Crippen LogP contribution in [0.25, 0.3) is 11.1 Å². The average molecular weight is 649 g/mol. The molecule has 0 atom stereocenters. The molecule has 0 saturated carbocycles. The molecule has 0 amide bonds. The summed E-state index contributed by atoms with van der Waals surface area (Å²) in [4.78, 5) is 0. The van der Waals surface area contributed by atoms with Gasteiger partial charge in [-0.15, -0.1) is 0 Å². The number of rotatable bonds is 12. The van der Waals surface area contributed by atoms with Crippen LogP contribution in [0.4, 0.5) is 0 Å². The fourth-order valence-electron chi connectivity index (χ4n) is 6.09. The van der Waals surface area contributed by atoms with Gasteiger partial charge in [0.05, 0.1) is 0 Å². The molecule has 208 valence electrons. The fraction of sp³-hybridized carbons (Fsp3) is 0.351. The van der Waals surface area contributed by atoms with Crippen LogP contribution in [0.2, 0.25) is 0 Å². The Morgan fingerprint density at radius 1 is 0.525 bits per heavy atom. The topological polar surface area (TPSA) is 0 Å². The molecule has 0 N–H and O–H groups in total. The van der Waals surface area contributed by atoms with Crippen molar-refractivity contribution in [3.8, 4) is 11.1 Å². The molecule has 0 unspecified atom stereocenters. The van der Waals surface area contributed by atoms with Gasteiger partial charge in [-0.1, -0.05) is 97.8 Å². The molecule has 1 aliphatic rings. The summed E-state index contributed by atoms with van der Waals surface area (Å²) in [6, 6.07) is 31.9. The molecule has 0 aromatic heterocycles. The third-order valence-electron chi connectivity index (χ3n) is 8.30. The van der Waals surface area contributed by atoms with Crippen LogP contribution in [0, 0.1) is 13.8 Å². The summed E-state index contributed by atoms with van der Waals surface area (Å²) < 4.78 is 0. The van der Waals surface area contributed by atoms with Gasteiger partial charge in [0.25, 0.3) is 0 Å². The van der Waals surface area contributed by atoms with Gasteiger partial charge in [-0.05, 0) is 127 Å². The normalized spacial score (nSPS) is 11.4. The van der Waals surface area contributed by atoms with E-state index in [2.05, 4.69) is 98.8 Å². The molecule has 0 fully saturated rings. The van der Waals surface area contributed by atoms with E-state index in [1.54, 1.807) is 11.1 Å². The van der Waals surface area contributed by atoms with Crippen molar-refractivity contribution in [3.05, 3.63) is 129 Å². The summed E-state index contributed by atoms with van der Waals surface area (Å²) in [7, 11) is 9.87. The van der Waals surface area contributed by atoms with Gasteiger partial charge in [0.2, 0.25) is 0 Å². The van der Waals surface area contributed by atoms with Crippen molar-refractivity contribution in [2.24, 2.45) is 0 Å². The Kier molecular flexibility index (Phi) is 13.1. The zero-order valence-corrected chi connectivity index (χ0v) is 28.1. The zero-order chi connectivity index (χ0) is 28.2. The number of hydrogen-bond acceptors (Lipinski definition) is 0. The second-order valence-corrected chi connectivity index (χ2v) is 14.9. The molecule has 0 heterocycles. The Bertz CT molecular complexity index is 1230. The third kappa shape index (κ3) is 9.17. The quantitative estimate of drug-likeness (QED) is 0.118. The molecule has 0 saturated heterocycles. The second-order valence-electron chi connectivity index (χ2n) is 11.2. The van der Waals surface area contributed by atoms with Gasteiger partial charge in [-0.2, -0.15) is 0 Å². The zero-order valence-electron chi connectivity index (χ0n) is 24.1. The van der Waals surface area contributed by atoms with E-state index < -0.39 is 20.8 Å². The Morgan fingerprint density at radius 3 is 1.30 bits per heavy atom. The molecule has 0 spiro atoms. The van der Waals surface area contributed by atoms with E-state index in [9.17, 15) is 0 Å². The monoisotopic (exact) mass is 646 g/mol. The standard InChI is InChI=1S/C37H42.2ClH.Zr/c1-28-23-34-25-35-24-29(2)33(22-14-6-12-20-31-17-9-4-10-18-31)27-37(35)36(34)26-32(28)21-13-5-11-19-30-15-7-3-8-16-30;;;/h3-4,7-10,15-18,23-24,26-27H,5-6,11-14,19-22,25H2,1-2H3;2*1H;/q;;;+2/p-2. The van der Waals surface area contributed by atoms with Crippen molar-refractivity contribution in [3.63, 3.8) is 0 Å². The molecular weight excluding hydrogens is 607 g/mol. The number of aryl methyl sites for hydroxylation is 6.